The van der Waals surface area contributed by atoms with Crippen molar-refractivity contribution in [3.8, 4) is 5.75 Å². The van der Waals surface area contributed by atoms with Crippen LogP contribution in [0.15, 0.2) is 83.9 Å². The fraction of sp³-hybridized carbons (Fsp3) is 0.320. The Labute approximate surface area is 213 Å². The maximum Gasteiger partial charge on any atom is 0.459 e. The smallest absolute Gasteiger partial charge is 0.459 e. The largest absolute Gasteiger partial charge is 0.460 e. The summed E-state index contributed by atoms with van der Waals surface area (Å²) in [4.78, 5) is 28.3. The Balaban J connectivity index is 1.41. The van der Waals surface area contributed by atoms with E-state index in [1.807, 2.05) is 30.3 Å². The molecule has 37 heavy (non-hydrogen) atoms. The third-order valence-corrected chi connectivity index (χ3v) is 7.20. The fourth-order valence-corrected chi connectivity index (χ4v) is 5.15. The summed E-state index contributed by atoms with van der Waals surface area (Å²) in [6.45, 7) is 1.19. The quantitative estimate of drug-likeness (QED) is 0.282. The zero-order valence-electron chi connectivity index (χ0n) is 20.1. The number of aromatic nitrogens is 2. The number of carbonyl (C=O) groups excluding carboxylic acids is 1. The van der Waals surface area contributed by atoms with E-state index in [-0.39, 0.29) is 25.4 Å². The van der Waals surface area contributed by atoms with Crippen LogP contribution >= 0.6 is 7.75 Å². The second-order valence-electron chi connectivity index (χ2n) is 8.38. The maximum absolute atomic E-state index is 13.7. The van der Waals surface area contributed by atoms with Gasteiger partial charge >= 0.3 is 19.4 Å². The predicted octanol–water partition coefficient (Wildman–Crippen LogP) is 2.82. The number of hydrogen-bond acceptors (Lipinski definition) is 9. The molecule has 2 N–H and O–H groups in total. The molecule has 0 radical (unpaired) electrons. The van der Waals surface area contributed by atoms with Gasteiger partial charge in [-0.2, -0.15) is 5.09 Å². The van der Waals surface area contributed by atoms with Crippen molar-refractivity contribution in [2.75, 3.05) is 6.61 Å². The SMILES string of the molecule is C[C@H](NP(=O)(OC[C@H]1O[C@@H](n2cccnc2=O)C[C@@H]1O)Oc1ccccc1)C(=O)OCc1ccccc1. The van der Waals surface area contributed by atoms with E-state index in [1.54, 1.807) is 36.4 Å². The van der Waals surface area contributed by atoms with Crippen molar-refractivity contribution in [3.63, 3.8) is 0 Å². The van der Waals surface area contributed by atoms with E-state index >= 15 is 0 Å². The van der Waals surface area contributed by atoms with Gasteiger partial charge in [0.1, 0.15) is 30.7 Å². The monoisotopic (exact) mass is 529 g/mol. The van der Waals surface area contributed by atoms with Gasteiger partial charge in [0.15, 0.2) is 0 Å². The van der Waals surface area contributed by atoms with E-state index in [4.69, 9.17) is 18.5 Å². The standard InChI is InChI=1S/C25H28N3O8P/c1-18(24(30)33-16-19-9-4-2-5-10-19)27-37(32,36-20-11-6-3-7-12-20)34-17-22-21(29)15-23(35-22)28-14-8-13-26-25(28)31/h2-14,18,21-23,29H,15-17H2,1H3,(H,27,32)/t18-,21-,22+,23+,37?/m0/s1. The minimum atomic E-state index is -4.15. The Morgan fingerprint density at radius 2 is 1.89 bits per heavy atom. The van der Waals surface area contributed by atoms with Crippen LogP contribution in [0.25, 0.3) is 0 Å². The molecule has 1 aromatic heterocycles. The molecule has 1 fully saturated rings. The first kappa shape index (κ1) is 26.7. The van der Waals surface area contributed by atoms with Crippen LogP contribution in [0.3, 0.4) is 0 Å². The van der Waals surface area contributed by atoms with Gasteiger partial charge in [0.05, 0.1) is 12.7 Å². The van der Waals surface area contributed by atoms with Crippen molar-refractivity contribution in [2.45, 2.75) is 44.4 Å². The first-order valence-corrected chi connectivity index (χ1v) is 13.2. The van der Waals surface area contributed by atoms with Gasteiger partial charge in [0, 0.05) is 18.8 Å². The predicted molar refractivity (Wildman–Crippen MR) is 132 cm³/mol. The molecule has 1 unspecified atom stereocenters. The maximum atomic E-state index is 13.7. The molecule has 5 atom stereocenters. The van der Waals surface area contributed by atoms with Gasteiger partial charge in [0.25, 0.3) is 0 Å². The highest BCUT2D eigenvalue weighted by Crippen LogP contribution is 2.45. The summed E-state index contributed by atoms with van der Waals surface area (Å²) in [7, 11) is -4.15. The molecule has 3 aromatic rings. The second-order valence-corrected chi connectivity index (χ2v) is 10.1. The third kappa shape index (κ3) is 7.34. The lowest BCUT2D eigenvalue weighted by Crippen LogP contribution is -2.36. The fourth-order valence-electron chi connectivity index (χ4n) is 3.65. The lowest BCUT2D eigenvalue weighted by molar-refractivity contribution is -0.146. The Bertz CT molecular complexity index is 1270. The number of aliphatic hydroxyl groups excluding tert-OH is 1. The molecule has 0 aliphatic carbocycles. The molecule has 12 heteroatoms. The van der Waals surface area contributed by atoms with Crippen molar-refractivity contribution in [2.24, 2.45) is 0 Å². The van der Waals surface area contributed by atoms with Crippen LogP contribution in [-0.4, -0.2) is 45.5 Å². The normalized spacial score (nSPS) is 21.6. The molecule has 2 heterocycles. The van der Waals surface area contributed by atoms with E-state index in [1.165, 1.54) is 23.9 Å². The third-order valence-electron chi connectivity index (χ3n) is 5.56. The average molecular weight is 529 g/mol. The van der Waals surface area contributed by atoms with Crippen LogP contribution in [-0.2, 0) is 30.0 Å². The molecule has 4 rings (SSSR count). The molecular formula is C25H28N3O8P. The summed E-state index contributed by atoms with van der Waals surface area (Å²) in [5.41, 5.74) is 0.279. The van der Waals surface area contributed by atoms with Crippen LogP contribution < -0.4 is 15.3 Å². The van der Waals surface area contributed by atoms with Gasteiger partial charge in [0.2, 0.25) is 0 Å². The topological polar surface area (TPSA) is 138 Å². The number of hydrogen-bond donors (Lipinski definition) is 2. The number of esters is 1. The van der Waals surface area contributed by atoms with Gasteiger partial charge in [-0.25, -0.2) is 14.3 Å². The van der Waals surface area contributed by atoms with E-state index in [0.29, 0.717) is 0 Å². The van der Waals surface area contributed by atoms with Crippen LogP contribution in [0.4, 0.5) is 0 Å². The van der Waals surface area contributed by atoms with Crippen LogP contribution in [0, 0.1) is 0 Å². The van der Waals surface area contributed by atoms with Crippen LogP contribution in [0.1, 0.15) is 25.1 Å². The highest BCUT2D eigenvalue weighted by molar-refractivity contribution is 7.52. The second kappa shape index (κ2) is 12.3. The van der Waals surface area contributed by atoms with Crippen molar-refractivity contribution in [1.82, 2.24) is 14.6 Å². The summed E-state index contributed by atoms with van der Waals surface area (Å²) in [6, 6.07) is 18.0. The van der Waals surface area contributed by atoms with E-state index in [0.717, 1.165) is 5.56 Å². The molecule has 196 valence electrons. The number of nitrogens with zero attached hydrogens (tertiary/aromatic N) is 2. The zero-order chi connectivity index (χ0) is 26.3. The highest BCUT2D eigenvalue weighted by Gasteiger charge is 2.39. The lowest BCUT2D eigenvalue weighted by Gasteiger charge is -2.24. The van der Waals surface area contributed by atoms with E-state index in [2.05, 4.69) is 10.1 Å². The number of nitrogens with one attached hydrogen (secondary N) is 1. The zero-order valence-corrected chi connectivity index (χ0v) is 21.0. The van der Waals surface area contributed by atoms with Gasteiger partial charge < -0.3 is 19.1 Å². The summed E-state index contributed by atoms with van der Waals surface area (Å²) in [5.74, 6) is -0.409. The van der Waals surface area contributed by atoms with E-state index in [9.17, 15) is 19.3 Å². The van der Waals surface area contributed by atoms with Crippen molar-refractivity contribution in [3.05, 3.63) is 95.2 Å². The molecule has 0 saturated carbocycles. The first-order chi connectivity index (χ1) is 17.8. The average Bonchev–Trinajstić information content (AvgIpc) is 3.27. The Morgan fingerprint density at radius 1 is 1.19 bits per heavy atom. The summed E-state index contributed by atoms with van der Waals surface area (Å²) >= 11 is 0. The molecule has 0 bridgehead atoms. The number of benzene rings is 2. The number of para-hydroxylation sites is 1. The Morgan fingerprint density at radius 3 is 2.59 bits per heavy atom. The minimum Gasteiger partial charge on any atom is -0.460 e. The van der Waals surface area contributed by atoms with Crippen molar-refractivity contribution in [1.29, 1.82) is 0 Å². The van der Waals surface area contributed by atoms with Gasteiger partial charge in [-0.05, 0) is 30.7 Å². The molecule has 0 amide bonds. The number of ether oxygens (including phenoxy) is 2. The Hall–Kier alpha value is -3.34. The summed E-state index contributed by atoms with van der Waals surface area (Å²) in [5, 5.41) is 13.1. The minimum absolute atomic E-state index is 0.0492. The van der Waals surface area contributed by atoms with Crippen LogP contribution in [0.5, 0.6) is 5.75 Å². The van der Waals surface area contributed by atoms with Crippen molar-refractivity contribution < 1.29 is 33.0 Å². The van der Waals surface area contributed by atoms with Crippen molar-refractivity contribution >= 4 is 13.7 Å². The molecule has 0 spiro atoms. The number of aliphatic hydroxyl groups is 1. The Kier molecular flexibility index (Phi) is 8.86. The molecule has 2 aromatic carbocycles. The van der Waals surface area contributed by atoms with E-state index < -0.39 is 43.9 Å². The molecule has 1 aliphatic heterocycles. The first-order valence-electron chi connectivity index (χ1n) is 11.7. The van der Waals surface area contributed by atoms with Crippen LogP contribution in [0.2, 0.25) is 0 Å². The summed E-state index contributed by atoms with van der Waals surface area (Å²) < 4.78 is 37.3. The number of carbonyl (C=O) groups is 1. The lowest BCUT2D eigenvalue weighted by atomic mass is 10.2. The number of rotatable bonds is 11. The molecule has 1 aliphatic rings. The van der Waals surface area contributed by atoms with Gasteiger partial charge in [-0.3, -0.25) is 13.9 Å². The molecule has 11 nitrogen and oxygen atoms in total. The molecular weight excluding hydrogens is 501 g/mol. The summed E-state index contributed by atoms with van der Waals surface area (Å²) in [6.07, 6.45) is 0.296. The van der Waals surface area contributed by atoms with Gasteiger partial charge in [-0.15, -0.1) is 0 Å². The highest BCUT2D eigenvalue weighted by atomic mass is 31.2. The molecule has 1 saturated heterocycles. The van der Waals surface area contributed by atoms with Gasteiger partial charge in [-0.1, -0.05) is 48.5 Å².